The SMILES string of the molecule is CN1CCCC(Nc2nnc(-c3ccc(O)c(F)c3)c3ccncc23)C1. The zero-order valence-corrected chi connectivity index (χ0v) is 14.5. The molecule has 0 aliphatic carbocycles. The molecule has 1 aliphatic heterocycles. The average molecular weight is 353 g/mol. The number of rotatable bonds is 3. The van der Waals surface area contributed by atoms with E-state index in [1.54, 1.807) is 18.5 Å². The quantitative estimate of drug-likeness (QED) is 0.754. The Kier molecular flexibility index (Phi) is 4.38. The minimum absolute atomic E-state index is 0.309. The summed E-state index contributed by atoms with van der Waals surface area (Å²) in [5, 5.41) is 23.3. The number of aromatic nitrogens is 3. The molecule has 1 fully saturated rings. The number of phenols is 1. The standard InChI is InChI=1S/C19H20FN5O/c1-25-8-2-3-13(11-25)22-19-15-10-21-7-6-14(15)18(23-24-19)12-4-5-17(26)16(20)9-12/h4-7,9-10,13,26H,2-3,8,11H2,1H3,(H,22,24). The van der Waals surface area contributed by atoms with Crippen LogP contribution in [0.4, 0.5) is 10.2 Å². The molecule has 1 aliphatic rings. The van der Waals surface area contributed by atoms with E-state index >= 15 is 0 Å². The number of nitrogens with one attached hydrogen (secondary N) is 1. The van der Waals surface area contributed by atoms with Crippen LogP contribution in [0.2, 0.25) is 0 Å². The highest BCUT2D eigenvalue weighted by Gasteiger charge is 2.19. The lowest BCUT2D eigenvalue weighted by atomic mass is 10.0. The van der Waals surface area contributed by atoms with Crippen LogP contribution in [0.15, 0.2) is 36.7 Å². The molecule has 0 spiro atoms. The maximum atomic E-state index is 13.8. The summed E-state index contributed by atoms with van der Waals surface area (Å²) in [4.78, 5) is 6.51. The Morgan fingerprint density at radius 3 is 2.92 bits per heavy atom. The Labute approximate surface area is 150 Å². The van der Waals surface area contributed by atoms with Crippen molar-refractivity contribution in [3.8, 4) is 17.0 Å². The van der Waals surface area contributed by atoms with Crippen molar-refractivity contribution >= 4 is 16.6 Å². The summed E-state index contributed by atoms with van der Waals surface area (Å²) in [6.07, 6.45) is 5.66. The van der Waals surface area contributed by atoms with Gasteiger partial charge in [0.05, 0.1) is 0 Å². The summed E-state index contributed by atoms with van der Waals surface area (Å²) >= 11 is 0. The van der Waals surface area contributed by atoms with Crippen molar-refractivity contribution in [3.63, 3.8) is 0 Å². The average Bonchev–Trinajstić information content (AvgIpc) is 2.64. The van der Waals surface area contributed by atoms with E-state index in [1.165, 1.54) is 12.1 Å². The van der Waals surface area contributed by atoms with Crippen molar-refractivity contribution in [2.24, 2.45) is 0 Å². The predicted octanol–water partition coefficient (Wildman–Crippen LogP) is 3.04. The second-order valence-electron chi connectivity index (χ2n) is 6.73. The first-order valence-electron chi connectivity index (χ1n) is 8.66. The number of hydrogen-bond donors (Lipinski definition) is 2. The van der Waals surface area contributed by atoms with Crippen LogP contribution in [0.25, 0.3) is 22.0 Å². The number of anilines is 1. The first kappa shape index (κ1) is 16.7. The molecule has 26 heavy (non-hydrogen) atoms. The van der Waals surface area contributed by atoms with Gasteiger partial charge in [-0.05, 0) is 50.7 Å². The van der Waals surface area contributed by atoms with Gasteiger partial charge >= 0.3 is 0 Å². The maximum Gasteiger partial charge on any atom is 0.165 e. The molecule has 1 saturated heterocycles. The highest BCUT2D eigenvalue weighted by atomic mass is 19.1. The molecular weight excluding hydrogens is 333 g/mol. The number of likely N-dealkylation sites (tertiary alicyclic amines) is 1. The Morgan fingerprint density at radius 1 is 1.23 bits per heavy atom. The van der Waals surface area contributed by atoms with Crippen LogP contribution in [0.3, 0.4) is 0 Å². The summed E-state index contributed by atoms with van der Waals surface area (Å²) in [5.41, 5.74) is 1.13. The zero-order valence-electron chi connectivity index (χ0n) is 14.5. The van der Waals surface area contributed by atoms with Gasteiger partial charge in [-0.25, -0.2) is 4.39 Å². The van der Waals surface area contributed by atoms with Gasteiger partial charge < -0.3 is 15.3 Å². The van der Waals surface area contributed by atoms with E-state index in [4.69, 9.17) is 0 Å². The second-order valence-corrected chi connectivity index (χ2v) is 6.73. The summed E-state index contributed by atoms with van der Waals surface area (Å²) in [6.45, 7) is 2.06. The van der Waals surface area contributed by atoms with E-state index in [1.807, 2.05) is 6.07 Å². The smallest absolute Gasteiger partial charge is 0.165 e. The molecule has 2 aromatic heterocycles. The van der Waals surface area contributed by atoms with Gasteiger partial charge in [0.25, 0.3) is 0 Å². The summed E-state index contributed by atoms with van der Waals surface area (Å²) < 4.78 is 13.8. The van der Waals surface area contributed by atoms with Crippen LogP contribution in [0, 0.1) is 5.82 Å². The van der Waals surface area contributed by atoms with Gasteiger partial charge in [0.2, 0.25) is 0 Å². The van der Waals surface area contributed by atoms with E-state index < -0.39 is 5.82 Å². The maximum absolute atomic E-state index is 13.8. The molecular formula is C19H20FN5O. The lowest BCUT2D eigenvalue weighted by Crippen LogP contribution is -2.40. The van der Waals surface area contributed by atoms with Gasteiger partial charge in [0.15, 0.2) is 17.4 Å². The Morgan fingerprint density at radius 2 is 2.12 bits per heavy atom. The predicted molar refractivity (Wildman–Crippen MR) is 98.5 cm³/mol. The minimum Gasteiger partial charge on any atom is -0.505 e. The van der Waals surface area contributed by atoms with E-state index in [-0.39, 0.29) is 5.75 Å². The molecule has 1 unspecified atom stereocenters. The molecule has 0 radical (unpaired) electrons. The zero-order chi connectivity index (χ0) is 18.1. The number of likely N-dealkylation sites (N-methyl/N-ethyl adjacent to an activating group) is 1. The van der Waals surface area contributed by atoms with Crippen LogP contribution < -0.4 is 5.32 Å². The third kappa shape index (κ3) is 3.17. The number of halogens is 1. The van der Waals surface area contributed by atoms with Crippen LogP contribution >= 0.6 is 0 Å². The number of phenolic OH excluding ortho intramolecular Hbond substituents is 1. The van der Waals surface area contributed by atoms with E-state index in [0.29, 0.717) is 23.1 Å². The van der Waals surface area contributed by atoms with E-state index in [2.05, 4.69) is 32.4 Å². The molecule has 6 nitrogen and oxygen atoms in total. The van der Waals surface area contributed by atoms with Crippen molar-refractivity contribution in [1.82, 2.24) is 20.1 Å². The number of pyridine rings is 1. The second kappa shape index (κ2) is 6.84. The molecule has 0 amide bonds. The van der Waals surface area contributed by atoms with Gasteiger partial charge in [0, 0.05) is 41.3 Å². The van der Waals surface area contributed by atoms with Gasteiger partial charge in [-0.1, -0.05) is 0 Å². The number of hydrogen-bond acceptors (Lipinski definition) is 6. The normalized spacial score (nSPS) is 18.2. The van der Waals surface area contributed by atoms with Crippen molar-refractivity contribution in [1.29, 1.82) is 0 Å². The van der Waals surface area contributed by atoms with Crippen LogP contribution in [0.1, 0.15) is 12.8 Å². The topological polar surface area (TPSA) is 74.2 Å². The molecule has 4 rings (SSSR count). The van der Waals surface area contributed by atoms with E-state index in [9.17, 15) is 9.50 Å². The largest absolute Gasteiger partial charge is 0.505 e. The third-order valence-electron chi connectivity index (χ3n) is 4.77. The number of piperidine rings is 1. The summed E-state index contributed by atoms with van der Waals surface area (Å²) in [6, 6.07) is 6.38. The molecule has 3 aromatic rings. The Bertz CT molecular complexity index is 948. The molecule has 0 bridgehead atoms. The van der Waals surface area contributed by atoms with Gasteiger partial charge in [-0.2, -0.15) is 0 Å². The number of nitrogens with zero attached hydrogens (tertiary/aromatic N) is 4. The third-order valence-corrected chi connectivity index (χ3v) is 4.77. The molecule has 1 aromatic carbocycles. The summed E-state index contributed by atoms with van der Waals surface area (Å²) in [5.74, 6) is -0.372. The Hall–Kier alpha value is -2.80. The summed E-state index contributed by atoms with van der Waals surface area (Å²) in [7, 11) is 2.11. The monoisotopic (exact) mass is 353 g/mol. The van der Waals surface area contributed by atoms with Crippen LogP contribution in [-0.4, -0.2) is 51.4 Å². The van der Waals surface area contributed by atoms with Crippen molar-refractivity contribution in [3.05, 3.63) is 42.5 Å². The highest BCUT2D eigenvalue weighted by molar-refractivity contribution is 5.99. The van der Waals surface area contributed by atoms with Crippen molar-refractivity contribution in [2.75, 3.05) is 25.5 Å². The van der Waals surface area contributed by atoms with Crippen molar-refractivity contribution in [2.45, 2.75) is 18.9 Å². The molecule has 1 atom stereocenters. The molecule has 134 valence electrons. The fourth-order valence-corrected chi connectivity index (χ4v) is 3.45. The number of fused-ring (bicyclic) bond motifs is 1. The van der Waals surface area contributed by atoms with Crippen LogP contribution in [-0.2, 0) is 0 Å². The van der Waals surface area contributed by atoms with Gasteiger partial charge in [0.1, 0.15) is 5.69 Å². The molecule has 2 N–H and O–H groups in total. The van der Waals surface area contributed by atoms with Gasteiger partial charge in [-0.3, -0.25) is 4.98 Å². The fraction of sp³-hybridized carbons (Fsp3) is 0.316. The molecule has 7 heteroatoms. The van der Waals surface area contributed by atoms with E-state index in [0.717, 1.165) is 36.7 Å². The highest BCUT2D eigenvalue weighted by Crippen LogP contribution is 2.31. The number of aromatic hydroxyl groups is 1. The van der Waals surface area contributed by atoms with Crippen LogP contribution in [0.5, 0.6) is 5.75 Å². The Balaban J connectivity index is 1.74. The lowest BCUT2D eigenvalue weighted by Gasteiger charge is -2.30. The first-order chi connectivity index (χ1) is 12.6. The fourth-order valence-electron chi connectivity index (χ4n) is 3.45. The number of benzene rings is 1. The van der Waals surface area contributed by atoms with Gasteiger partial charge in [-0.15, -0.1) is 10.2 Å². The first-order valence-corrected chi connectivity index (χ1v) is 8.66. The van der Waals surface area contributed by atoms with Crippen molar-refractivity contribution < 1.29 is 9.50 Å². The molecule has 0 saturated carbocycles. The lowest BCUT2D eigenvalue weighted by molar-refractivity contribution is 0.261. The minimum atomic E-state index is -0.682. The molecule has 3 heterocycles.